The van der Waals surface area contributed by atoms with Crippen LogP contribution in [-0.4, -0.2) is 11.2 Å². The zero-order valence-electron chi connectivity index (χ0n) is 13.2. The fraction of sp³-hybridized carbons (Fsp3) is 0.789. The van der Waals surface area contributed by atoms with Gasteiger partial charge >= 0.3 is 0 Å². The normalized spacial score (nSPS) is 38.9. The number of hydrogen-bond acceptors (Lipinski definition) is 2. The first-order valence-corrected chi connectivity index (χ1v) is 9.71. The highest BCUT2D eigenvalue weighted by Crippen LogP contribution is 2.61. The van der Waals surface area contributed by atoms with Gasteiger partial charge in [0.25, 0.3) is 0 Å². The maximum absolute atomic E-state index is 10.7. The Hall–Kier alpha value is -0.340. The van der Waals surface area contributed by atoms with Crippen LogP contribution in [-0.2, 0) is 12.8 Å². The quantitative estimate of drug-likeness (QED) is 0.827. The summed E-state index contributed by atoms with van der Waals surface area (Å²) in [6.07, 6.45) is 11.7. The second-order valence-corrected chi connectivity index (χ2v) is 9.45. The van der Waals surface area contributed by atoms with E-state index < -0.39 is 0 Å². The third-order valence-corrected chi connectivity index (χ3v) is 7.59. The molecule has 0 saturated heterocycles. The molecule has 2 heteroatoms. The predicted molar refractivity (Wildman–Crippen MR) is 88.6 cm³/mol. The van der Waals surface area contributed by atoms with Crippen molar-refractivity contribution in [1.29, 1.82) is 0 Å². The average molecular weight is 304 g/mol. The van der Waals surface area contributed by atoms with Crippen LogP contribution in [0.25, 0.3) is 0 Å². The van der Waals surface area contributed by atoms with Crippen LogP contribution in [0.4, 0.5) is 0 Å². The first kappa shape index (κ1) is 14.3. The lowest BCUT2D eigenvalue weighted by Crippen LogP contribution is -2.47. The van der Waals surface area contributed by atoms with Crippen LogP contribution >= 0.6 is 11.3 Å². The minimum atomic E-state index is -0.121. The van der Waals surface area contributed by atoms with Crippen molar-refractivity contribution in [2.45, 2.75) is 70.8 Å². The minimum absolute atomic E-state index is 0.121. The fourth-order valence-electron chi connectivity index (χ4n) is 6.07. The van der Waals surface area contributed by atoms with E-state index in [1.54, 1.807) is 0 Å². The number of thiophene rings is 1. The molecular weight excluding hydrogens is 276 g/mol. The Kier molecular flexibility index (Phi) is 3.66. The van der Waals surface area contributed by atoms with Crippen molar-refractivity contribution in [1.82, 2.24) is 0 Å². The van der Waals surface area contributed by atoms with Gasteiger partial charge < -0.3 is 5.11 Å². The summed E-state index contributed by atoms with van der Waals surface area (Å²) in [7, 11) is 0. The molecule has 1 aromatic heterocycles. The van der Waals surface area contributed by atoms with E-state index in [4.69, 9.17) is 0 Å². The lowest BCUT2D eigenvalue weighted by atomic mass is 9.48. The van der Waals surface area contributed by atoms with Crippen molar-refractivity contribution in [3.05, 3.63) is 21.9 Å². The largest absolute Gasteiger partial charge is 0.393 e. The molecule has 1 nitrogen and oxygen atoms in total. The summed E-state index contributed by atoms with van der Waals surface area (Å²) in [6.45, 7) is 2.21. The van der Waals surface area contributed by atoms with Gasteiger partial charge in [-0.3, -0.25) is 0 Å². The summed E-state index contributed by atoms with van der Waals surface area (Å²) < 4.78 is 0. The summed E-state index contributed by atoms with van der Waals surface area (Å²) in [5, 5.41) is 10.7. The summed E-state index contributed by atoms with van der Waals surface area (Å²) in [6, 6.07) is 4.46. The molecule has 21 heavy (non-hydrogen) atoms. The molecular formula is C19H28OS. The maximum atomic E-state index is 10.7. The fourth-order valence-corrected chi connectivity index (χ4v) is 7.10. The van der Waals surface area contributed by atoms with Gasteiger partial charge in [0, 0.05) is 16.2 Å². The van der Waals surface area contributed by atoms with E-state index in [0.717, 1.165) is 37.0 Å². The molecule has 1 aromatic rings. The molecule has 1 N–H and O–H groups in total. The Morgan fingerprint density at radius 3 is 2.19 bits per heavy atom. The molecule has 5 rings (SSSR count). The van der Waals surface area contributed by atoms with E-state index in [0.29, 0.717) is 5.41 Å². The minimum Gasteiger partial charge on any atom is -0.393 e. The van der Waals surface area contributed by atoms with E-state index in [9.17, 15) is 5.11 Å². The van der Waals surface area contributed by atoms with Crippen LogP contribution in [0.1, 0.15) is 61.6 Å². The second kappa shape index (κ2) is 5.38. The first-order chi connectivity index (χ1) is 10.1. The smallest absolute Gasteiger partial charge is 0.0593 e. The third-order valence-electron chi connectivity index (χ3n) is 6.34. The number of aliphatic hydroxyl groups excluding tert-OH is 1. The topological polar surface area (TPSA) is 20.2 Å². The molecule has 4 saturated carbocycles. The van der Waals surface area contributed by atoms with Crippen LogP contribution < -0.4 is 0 Å². The van der Waals surface area contributed by atoms with Crippen LogP contribution in [0, 0.1) is 23.2 Å². The van der Waals surface area contributed by atoms with Crippen molar-refractivity contribution in [2.24, 2.45) is 23.2 Å². The molecule has 4 aliphatic rings. The molecule has 4 aliphatic carbocycles. The molecule has 4 bridgehead atoms. The molecule has 0 spiro atoms. The molecule has 0 aromatic carbocycles. The van der Waals surface area contributed by atoms with Crippen LogP contribution in [0.2, 0.25) is 0 Å². The summed E-state index contributed by atoms with van der Waals surface area (Å²) in [5.74, 6) is 2.99. The third kappa shape index (κ3) is 2.82. The van der Waals surface area contributed by atoms with E-state index in [1.165, 1.54) is 48.3 Å². The molecule has 116 valence electrons. The first-order valence-electron chi connectivity index (χ1n) is 8.90. The number of aryl methyl sites for hydroxylation is 1. The Labute approximate surface area is 132 Å². The number of aliphatic hydroxyl groups is 1. The lowest BCUT2D eigenvalue weighted by Gasteiger charge is -2.57. The summed E-state index contributed by atoms with van der Waals surface area (Å²) in [5.41, 5.74) is 0.513. The van der Waals surface area contributed by atoms with Crippen molar-refractivity contribution < 1.29 is 5.11 Å². The Morgan fingerprint density at radius 2 is 1.67 bits per heavy atom. The lowest BCUT2D eigenvalue weighted by molar-refractivity contribution is -0.0755. The SMILES string of the molecule is CCc1ccc(CC(O)CC23CC4CC(CC(C4)C2)C3)s1. The van der Waals surface area contributed by atoms with Gasteiger partial charge in [0.2, 0.25) is 0 Å². The molecule has 0 aliphatic heterocycles. The van der Waals surface area contributed by atoms with Gasteiger partial charge in [0.1, 0.15) is 0 Å². The zero-order valence-corrected chi connectivity index (χ0v) is 14.0. The van der Waals surface area contributed by atoms with Crippen LogP contribution in [0.5, 0.6) is 0 Å². The monoisotopic (exact) mass is 304 g/mol. The van der Waals surface area contributed by atoms with E-state index in [-0.39, 0.29) is 6.10 Å². The van der Waals surface area contributed by atoms with Crippen molar-refractivity contribution >= 4 is 11.3 Å². The highest BCUT2D eigenvalue weighted by molar-refractivity contribution is 7.11. The van der Waals surface area contributed by atoms with Gasteiger partial charge in [0.05, 0.1) is 6.10 Å². The Balaban J connectivity index is 1.41. The molecule has 0 radical (unpaired) electrons. The van der Waals surface area contributed by atoms with Gasteiger partial charge in [-0.15, -0.1) is 11.3 Å². The van der Waals surface area contributed by atoms with E-state index >= 15 is 0 Å². The van der Waals surface area contributed by atoms with Crippen LogP contribution in [0.3, 0.4) is 0 Å². The standard InChI is InChI=1S/C19H28OS/c1-2-17-3-4-18(21-17)8-16(20)12-19-9-13-5-14(10-19)7-15(6-13)11-19/h3-4,13-16,20H,2,5-12H2,1H3. The molecule has 0 amide bonds. The molecule has 1 unspecified atom stereocenters. The summed E-state index contributed by atoms with van der Waals surface area (Å²) >= 11 is 1.89. The van der Waals surface area contributed by atoms with Gasteiger partial charge in [-0.2, -0.15) is 0 Å². The molecule has 4 fully saturated rings. The second-order valence-electron chi connectivity index (χ2n) is 8.20. The number of hydrogen-bond donors (Lipinski definition) is 1. The van der Waals surface area contributed by atoms with Gasteiger partial charge in [0.15, 0.2) is 0 Å². The van der Waals surface area contributed by atoms with Gasteiger partial charge in [-0.1, -0.05) is 6.92 Å². The highest BCUT2D eigenvalue weighted by Gasteiger charge is 2.51. The Bertz CT molecular complexity index is 468. The zero-order chi connectivity index (χ0) is 14.4. The van der Waals surface area contributed by atoms with E-state index in [2.05, 4.69) is 19.1 Å². The number of rotatable bonds is 5. The van der Waals surface area contributed by atoms with Crippen molar-refractivity contribution in [3.63, 3.8) is 0 Å². The average Bonchev–Trinajstić information content (AvgIpc) is 2.83. The Morgan fingerprint density at radius 1 is 1.10 bits per heavy atom. The highest BCUT2D eigenvalue weighted by atomic mass is 32.1. The van der Waals surface area contributed by atoms with Gasteiger partial charge in [-0.25, -0.2) is 0 Å². The predicted octanol–water partition coefficient (Wildman–Crippen LogP) is 4.82. The maximum Gasteiger partial charge on any atom is 0.0593 e. The summed E-state index contributed by atoms with van der Waals surface area (Å²) in [4.78, 5) is 2.83. The van der Waals surface area contributed by atoms with Crippen LogP contribution in [0.15, 0.2) is 12.1 Å². The van der Waals surface area contributed by atoms with E-state index in [1.807, 2.05) is 11.3 Å². The van der Waals surface area contributed by atoms with Crippen molar-refractivity contribution in [2.75, 3.05) is 0 Å². The van der Waals surface area contributed by atoms with Gasteiger partial charge in [-0.05, 0) is 86.7 Å². The molecule has 1 heterocycles. The van der Waals surface area contributed by atoms with Crippen molar-refractivity contribution in [3.8, 4) is 0 Å². The molecule has 1 atom stereocenters.